The fourth-order valence-corrected chi connectivity index (χ4v) is 3.62. The van der Waals surface area contributed by atoms with Gasteiger partial charge in [-0.05, 0) is 49.6 Å². The Morgan fingerprint density at radius 1 is 1.23 bits per heavy atom. The summed E-state index contributed by atoms with van der Waals surface area (Å²) in [5.74, 6) is 1.38. The van der Waals surface area contributed by atoms with Crippen molar-refractivity contribution in [3.8, 4) is 0 Å². The van der Waals surface area contributed by atoms with Crippen molar-refractivity contribution in [1.82, 2.24) is 14.9 Å². The number of aryl methyl sites for hydroxylation is 1. The van der Waals surface area contributed by atoms with Gasteiger partial charge in [-0.25, -0.2) is 9.78 Å². The number of piperidine rings is 1. The summed E-state index contributed by atoms with van der Waals surface area (Å²) in [5.41, 5.74) is 3.79. The number of hydrogen-bond acceptors (Lipinski definition) is 2. The first kappa shape index (κ1) is 16.9. The highest BCUT2D eigenvalue weighted by atomic mass is 35.5. The molecule has 26 heavy (non-hydrogen) atoms. The van der Waals surface area contributed by atoms with Gasteiger partial charge in [-0.2, -0.15) is 0 Å². The van der Waals surface area contributed by atoms with E-state index < -0.39 is 0 Å². The van der Waals surface area contributed by atoms with Gasteiger partial charge in [-0.1, -0.05) is 29.8 Å². The number of urea groups is 1. The summed E-state index contributed by atoms with van der Waals surface area (Å²) in [5, 5.41) is 3.49. The lowest BCUT2D eigenvalue weighted by atomic mass is 9.96. The average Bonchev–Trinajstić information content (AvgIpc) is 3.09. The van der Waals surface area contributed by atoms with E-state index in [2.05, 4.69) is 10.3 Å². The maximum Gasteiger partial charge on any atom is 0.321 e. The molecule has 1 aromatic heterocycles. The van der Waals surface area contributed by atoms with Crippen molar-refractivity contribution < 1.29 is 4.79 Å². The number of imidazole rings is 1. The van der Waals surface area contributed by atoms with Crippen LogP contribution in [0.15, 0.2) is 42.5 Å². The highest BCUT2D eigenvalue weighted by molar-refractivity contribution is 6.33. The van der Waals surface area contributed by atoms with Crippen LogP contribution in [0.25, 0.3) is 11.0 Å². The van der Waals surface area contributed by atoms with E-state index in [9.17, 15) is 4.79 Å². The van der Waals surface area contributed by atoms with E-state index in [0.717, 1.165) is 35.3 Å². The van der Waals surface area contributed by atoms with Gasteiger partial charge < -0.3 is 15.2 Å². The number of nitrogens with zero attached hydrogens (tertiary/aromatic N) is 2. The summed E-state index contributed by atoms with van der Waals surface area (Å²) in [6, 6.07) is 13.6. The Morgan fingerprint density at radius 3 is 2.77 bits per heavy atom. The number of likely N-dealkylation sites (tertiary alicyclic amines) is 1. The van der Waals surface area contributed by atoms with E-state index in [1.165, 1.54) is 0 Å². The number of halogens is 1. The zero-order valence-corrected chi connectivity index (χ0v) is 15.4. The van der Waals surface area contributed by atoms with Gasteiger partial charge in [0.25, 0.3) is 0 Å². The second kappa shape index (κ2) is 7.00. The molecule has 0 saturated carbocycles. The molecule has 134 valence electrons. The monoisotopic (exact) mass is 368 g/mol. The number of carbonyl (C=O) groups is 1. The van der Waals surface area contributed by atoms with Gasteiger partial charge in [0, 0.05) is 19.0 Å². The van der Waals surface area contributed by atoms with Crippen molar-refractivity contribution in [2.24, 2.45) is 0 Å². The Bertz CT molecular complexity index is 911. The summed E-state index contributed by atoms with van der Waals surface area (Å²) >= 11 is 6.18. The lowest BCUT2D eigenvalue weighted by Crippen LogP contribution is -2.40. The molecule has 4 rings (SSSR count). The molecule has 1 saturated heterocycles. The zero-order valence-electron chi connectivity index (χ0n) is 14.6. The van der Waals surface area contributed by atoms with Gasteiger partial charge in [0.1, 0.15) is 5.82 Å². The van der Waals surface area contributed by atoms with E-state index in [1.807, 2.05) is 48.2 Å². The number of H-pyrrole nitrogens is 1. The van der Waals surface area contributed by atoms with Crippen LogP contribution in [0.1, 0.15) is 30.1 Å². The molecule has 0 unspecified atom stereocenters. The molecule has 0 aliphatic carbocycles. The Labute approximate surface area is 157 Å². The molecular formula is C20H21ClN4O. The molecule has 2 amide bonds. The van der Waals surface area contributed by atoms with Crippen LogP contribution in [0.3, 0.4) is 0 Å². The minimum absolute atomic E-state index is 0.0967. The molecule has 1 aliphatic rings. The summed E-state index contributed by atoms with van der Waals surface area (Å²) in [6.07, 6.45) is 1.80. The Morgan fingerprint density at radius 2 is 2.00 bits per heavy atom. The third-order valence-electron chi connectivity index (χ3n) is 4.94. The fraction of sp³-hybridized carbons (Fsp3) is 0.300. The second-order valence-corrected chi connectivity index (χ2v) is 7.22. The first-order chi connectivity index (χ1) is 12.6. The maximum atomic E-state index is 12.5. The van der Waals surface area contributed by atoms with Crippen molar-refractivity contribution in [2.75, 3.05) is 18.4 Å². The number of nitrogens with one attached hydrogen (secondary N) is 2. The summed E-state index contributed by atoms with van der Waals surface area (Å²) in [7, 11) is 0. The van der Waals surface area contributed by atoms with Crippen LogP contribution in [-0.4, -0.2) is 34.0 Å². The van der Waals surface area contributed by atoms with E-state index >= 15 is 0 Å². The lowest BCUT2D eigenvalue weighted by molar-refractivity contribution is 0.193. The van der Waals surface area contributed by atoms with E-state index in [4.69, 9.17) is 16.6 Å². The van der Waals surface area contributed by atoms with Gasteiger partial charge in [0.05, 0.1) is 21.7 Å². The number of fused-ring (bicyclic) bond motifs is 1. The molecule has 1 aliphatic heterocycles. The molecule has 0 spiro atoms. The van der Waals surface area contributed by atoms with Gasteiger partial charge in [-0.3, -0.25) is 0 Å². The molecule has 2 N–H and O–H groups in total. The number of anilines is 1. The fourth-order valence-electron chi connectivity index (χ4n) is 3.45. The number of hydrogen-bond donors (Lipinski definition) is 2. The molecular weight excluding hydrogens is 348 g/mol. The van der Waals surface area contributed by atoms with E-state index in [1.54, 1.807) is 6.07 Å². The van der Waals surface area contributed by atoms with Crippen molar-refractivity contribution in [2.45, 2.75) is 25.7 Å². The number of aromatic nitrogens is 2. The first-order valence-electron chi connectivity index (χ1n) is 8.87. The molecule has 6 heteroatoms. The molecule has 5 nitrogen and oxygen atoms in total. The van der Waals surface area contributed by atoms with Crippen molar-refractivity contribution >= 4 is 34.4 Å². The minimum Gasteiger partial charge on any atom is -0.342 e. The highest BCUT2D eigenvalue weighted by Crippen LogP contribution is 2.29. The van der Waals surface area contributed by atoms with Crippen LogP contribution < -0.4 is 5.32 Å². The number of rotatable bonds is 2. The van der Waals surface area contributed by atoms with Crippen LogP contribution in [0.2, 0.25) is 5.02 Å². The van der Waals surface area contributed by atoms with Crippen LogP contribution in [0.5, 0.6) is 0 Å². The van der Waals surface area contributed by atoms with Crippen LogP contribution in [0, 0.1) is 6.92 Å². The smallest absolute Gasteiger partial charge is 0.321 e. The Hall–Kier alpha value is -2.53. The Kier molecular flexibility index (Phi) is 4.55. The predicted molar refractivity (Wildman–Crippen MR) is 105 cm³/mol. The quantitative estimate of drug-likeness (QED) is 0.673. The SMILES string of the molecule is Cc1ccc(Cl)c(NC(=O)N2CCC(c3nc4ccccc4[nH]3)CC2)c1. The molecule has 1 fully saturated rings. The number of benzene rings is 2. The number of amides is 2. The third-order valence-corrected chi connectivity index (χ3v) is 5.27. The molecule has 0 bridgehead atoms. The average molecular weight is 369 g/mol. The zero-order chi connectivity index (χ0) is 18.1. The number of para-hydroxylation sites is 2. The summed E-state index contributed by atoms with van der Waals surface area (Å²) in [6.45, 7) is 3.39. The second-order valence-electron chi connectivity index (χ2n) is 6.81. The summed E-state index contributed by atoms with van der Waals surface area (Å²) in [4.78, 5) is 22.5. The molecule has 2 heterocycles. The lowest BCUT2D eigenvalue weighted by Gasteiger charge is -2.31. The van der Waals surface area contributed by atoms with Crippen molar-refractivity contribution in [3.63, 3.8) is 0 Å². The van der Waals surface area contributed by atoms with Crippen molar-refractivity contribution in [3.05, 3.63) is 58.9 Å². The molecule has 0 radical (unpaired) electrons. The maximum absolute atomic E-state index is 12.5. The highest BCUT2D eigenvalue weighted by Gasteiger charge is 2.26. The van der Waals surface area contributed by atoms with Gasteiger partial charge >= 0.3 is 6.03 Å². The van der Waals surface area contributed by atoms with E-state index in [0.29, 0.717) is 29.7 Å². The molecule has 3 aromatic rings. The standard InChI is InChI=1S/C20H21ClN4O/c1-13-6-7-15(21)18(12-13)24-20(26)25-10-8-14(9-11-25)19-22-16-4-2-3-5-17(16)23-19/h2-7,12,14H,8-11H2,1H3,(H,22,23)(H,24,26). The predicted octanol–water partition coefficient (Wildman–Crippen LogP) is 4.94. The largest absolute Gasteiger partial charge is 0.342 e. The molecule has 2 aromatic carbocycles. The van der Waals surface area contributed by atoms with Crippen LogP contribution in [-0.2, 0) is 0 Å². The normalized spacial score (nSPS) is 15.4. The first-order valence-corrected chi connectivity index (χ1v) is 9.24. The summed E-state index contributed by atoms with van der Waals surface area (Å²) < 4.78 is 0. The van der Waals surface area contributed by atoms with E-state index in [-0.39, 0.29) is 6.03 Å². The Balaban J connectivity index is 1.39. The number of carbonyl (C=O) groups excluding carboxylic acids is 1. The topological polar surface area (TPSA) is 61.0 Å². The van der Waals surface area contributed by atoms with Gasteiger partial charge in [0.15, 0.2) is 0 Å². The van der Waals surface area contributed by atoms with Gasteiger partial charge in [0.2, 0.25) is 0 Å². The van der Waals surface area contributed by atoms with Crippen LogP contribution in [0.4, 0.5) is 10.5 Å². The number of aromatic amines is 1. The van der Waals surface area contributed by atoms with Gasteiger partial charge in [-0.15, -0.1) is 0 Å². The van der Waals surface area contributed by atoms with Crippen LogP contribution >= 0.6 is 11.6 Å². The minimum atomic E-state index is -0.0967. The molecule has 0 atom stereocenters. The third kappa shape index (κ3) is 3.40. The van der Waals surface area contributed by atoms with Crippen molar-refractivity contribution in [1.29, 1.82) is 0 Å².